The van der Waals surface area contributed by atoms with Gasteiger partial charge in [0, 0.05) is 5.92 Å². The van der Waals surface area contributed by atoms with E-state index in [-0.39, 0.29) is 13.2 Å². The lowest BCUT2D eigenvalue weighted by atomic mass is 9.85. The zero-order valence-corrected chi connectivity index (χ0v) is 17.8. The minimum Gasteiger partial charge on any atom is -0.497 e. The number of hydrogen-bond donors (Lipinski definition) is 0. The van der Waals surface area contributed by atoms with Gasteiger partial charge in [-0.05, 0) is 49.2 Å². The molecule has 0 aromatic heterocycles. The second-order valence-corrected chi connectivity index (χ2v) is 6.42. The number of methoxy groups -OCH3 is 2. The number of rotatable bonds is 10. The number of carbonyl (C=O) groups excluding carboxylic acids is 2. The monoisotopic (exact) mass is 412 g/mol. The van der Waals surface area contributed by atoms with Crippen molar-refractivity contribution in [3.05, 3.63) is 65.7 Å². The molecule has 0 radical (unpaired) electrons. The van der Waals surface area contributed by atoms with Gasteiger partial charge in [0.25, 0.3) is 0 Å². The molecule has 30 heavy (non-hydrogen) atoms. The Kier molecular flexibility index (Phi) is 8.94. The Balaban J connectivity index is 2.52. The molecular formula is C24H28O6. The van der Waals surface area contributed by atoms with Gasteiger partial charge in [-0.1, -0.05) is 36.4 Å². The van der Waals surface area contributed by atoms with Crippen LogP contribution in [0.25, 0.3) is 6.08 Å². The van der Waals surface area contributed by atoms with E-state index in [4.69, 9.17) is 18.9 Å². The lowest BCUT2D eigenvalue weighted by molar-refractivity contribution is -0.162. The van der Waals surface area contributed by atoms with E-state index in [2.05, 4.69) is 0 Å². The van der Waals surface area contributed by atoms with Crippen molar-refractivity contribution in [3.63, 3.8) is 0 Å². The molecule has 2 rings (SSSR count). The molecule has 0 saturated heterocycles. The molecule has 1 unspecified atom stereocenters. The average molecular weight is 412 g/mol. The first kappa shape index (κ1) is 23.0. The summed E-state index contributed by atoms with van der Waals surface area (Å²) in [7, 11) is 3.16. The van der Waals surface area contributed by atoms with Crippen molar-refractivity contribution in [2.24, 2.45) is 5.92 Å². The summed E-state index contributed by atoms with van der Waals surface area (Å²) in [5, 5.41) is 0. The highest BCUT2D eigenvalue weighted by Crippen LogP contribution is 2.32. The first-order chi connectivity index (χ1) is 14.5. The van der Waals surface area contributed by atoms with E-state index in [0.29, 0.717) is 11.5 Å². The standard InChI is InChI=1S/C24H28O6/c1-5-29-23(25)22(24(26)30-6-2)21(18-10-8-12-20(16-18)28-4)14-13-17-9-7-11-19(15-17)27-3/h7-16,21-22H,5-6H2,1-4H3/b14-13+. The van der Waals surface area contributed by atoms with Gasteiger partial charge >= 0.3 is 11.9 Å². The first-order valence-corrected chi connectivity index (χ1v) is 9.83. The molecule has 0 N–H and O–H groups in total. The highest BCUT2D eigenvalue weighted by Gasteiger charge is 2.37. The van der Waals surface area contributed by atoms with Crippen molar-refractivity contribution < 1.29 is 28.5 Å². The fourth-order valence-corrected chi connectivity index (χ4v) is 3.08. The van der Waals surface area contributed by atoms with Gasteiger partial charge in [-0.3, -0.25) is 9.59 Å². The van der Waals surface area contributed by atoms with Crippen LogP contribution in [0, 0.1) is 5.92 Å². The largest absolute Gasteiger partial charge is 0.497 e. The van der Waals surface area contributed by atoms with Crippen LogP contribution in [0.5, 0.6) is 11.5 Å². The molecule has 0 spiro atoms. The van der Waals surface area contributed by atoms with Crippen LogP contribution in [0.1, 0.15) is 30.9 Å². The van der Waals surface area contributed by atoms with Crippen LogP contribution in [-0.4, -0.2) is 39.4 Å². The second kappa shape index (κ2) is 11.7. The highest BCUT2D eigenvalue weighted by atomic mass is 16.6. The molecule has 1 atom stereocenters. The maximum absolute atomic E-state index is 12.7. The summed E-state index contributed by atoms with van der Waals surface area (Å²) in [6.45, 7) is 3.73. The normalized spacial score (nSPS) is 11.9. The molecule has 2 aromatic rings. The summed E-state index contributed by atoms with van der Waals surface area (Å²) in [5.41, 5.74) is 1.60. The summed E-state index contributed by atoms with van der Waals surface area (Å²) < 4.78 is 21.0. The second-order valence-electron chi connectivity index (χ2n) is 6.42. The number of allylic oxidation sites excluding steroid dienone is 1. The van der Waals surface area contributed by atoms with Gasteiger partial charge in [0.15, 0.2) is 5.92 Å². The number of esters is 2. The number of carbonyl (C=O) groups is 2. The molecule has 2 aromatic carbocycles. The summed E-state index contributed by atoms with van der Waals surface area (Å²) in [6.07, 6.45) is 3.65. The van der Waals surface area contributed by atoms with Crippen molar-refractivity contribution in [2.75, 3.05) is 27.4 Å². The Morgan fingerprint density at radius 1 is 0.867 bits per heavy atom. The van der Waals surface area contributed by atoms with Crippen LogP contribution < -0.4 is 9.47 Å². The van der Waals surface area contributed by atoms with Gasteiger partial charge < -0.3 is 18.9 Å². The average Bonchev–Trinajstić information content (AvgIpc) is 2.76. The van der Waals surface area contributed by atoms with Crippen LogP contribution in [0.3, 0.4) is 0 Å². The van der Waals surface area contributed by atoms with Crippen LogP contribution >= 0.6 is 0 Å². The van der Waals surface area contributed by atoms with E-state index in [9.17, 15) is 9.59 Å². The molecular weight excluding hydrogens is 384 g/mol. The minimum atomic E-state index is -1.14. The predicted octanol–water partition coefficient (Wildman–Crippen LogP) is 4.24. The summed E-state index contributed by atoms with van der Waals surface area (Å²) >= 11 is 0. The zero-order chi connectivity index (χ0) is 21.9. The van der Waals surface area contributed by atoms with E-state index < -0.39 is 23.8 Å². The van der Waals surface area contributed by atoms with Gasteiger partial charge in [-0.15, -0.1) is 0 Å². The number of ether oxygens (including phenoxy) is 4. The summed E-state index contributed by atoms with van der Waals surface area (Å²) in [5.74, 6) is -1.66. The van der Waals surface area contributed by atoms with Gasteiger partial charge in [-0.25, -0.2) is 0 Å². The van der Waals surface area contributed by atoms with Crippen molar-refractivity contribution in [2.45, 2.75) is 19.8 Å². The van der Waals surface area contributed by atoms with E-state index in [1.807, 2.05) is 48.6 Å². The third-order valence-electron chi connectivity index (χ3n) is 4.51. The molecule has 0 aliphatic rings. The SMILES string of the molecule is CCOC(=O)C(C(=O)OCC)C(/C=C/c1cccc(OC)c1)c1cccc(OC)c1. The van der Waals surface area contributed by atoms with Crippen molar-refractivity contribution in [1.82, 2.24) is 0 Å². The third-order valence-corrected chi connectivity index (χ3v) is 4.51. The fourth-order valence-electron chi connectivity index (χ4n) is 3.08. The lowest BCUT2D eigenvalue weighted by Crippen LogP contribution is -2.32. The maximum atomic E-state index is 12.7. The Morgan fingerprint density at radius 2 is 1.43 bits per heavy atom. The van der Waals surface area contributed by atoms with Crippen LogP contribution in [-0.2, 0) is 19.1 Å². The molecule has 0 aliphatic carbocycles. The van der Waals surface area contributed by atoms with Crippen molar-refractivity contribution >= 4 is 18.0 Å². The molecule has 160 valence electrons. The Labute approximate surface area is 177 Å². The maximum Gasteiger partial charge on any atom is 0.321 e. The lowest BCUT2D eigenvalue weighted by Gasteiger charge is -2.22. The molecule has 0 amide bonds. The molecule has 0 fully saturated rings. The number of hydrogen-bond acceptors (Lipinski definition) is 6. The Hall–Kier alpha value is -3.28. The minimum absolute atomic E-state index is 0.166. The van der Waals surface area contributed by atoms with E-state index in [1.54, 1.807) is 40.2 Å². The Morgan fingerprint density at radius 3 is 2.00 bits per heavy atom. The predicted molar refractivity (Wildman–Crippen MR) is 115 cm³/mol. The topological polar surface area (TPSA) is 71.1 Å². The highest BCUT2D eigenvalue weighted by molar-refractivity contribution is 5.96. The van der Waals surface area contributed by atoms with E-state index >= 15 is 0 Å². The third kappa shape index (κ3) is 6.11. The van der Waals surface area contributed by atoms with E-state index in [1.165, 1.54) is 0 Å². The van der Waals surface area contributed by atoms with Gasteiger partial charge in [0.05, 0.1) is 27.4 Å². The molecule has 0 heterocycles. The summed E-state index contributed by atoms with van der Waals surface area (Å²) in [4.78, 5) is 25.5. The van der Waals surface area contributed by atoms with Crippen LogP contribution in [0.2, 0.25) is 0 Å². The number of benzene rings is 2. The van der Waals surface area contributed by atoms with Gasteiger partial charge in [0.1, 0.15) is 11.5 Å². The van der Waals surface area contributed by atoms with Gasteiger partial charge in [-0.2, -0.15) is 0 Å². The van der Waals surface area contributed by atoms with Crippen molar-refractivity contribution in [3.8, 4) is 11.5 Å². The Bertz CT molecular complexity index is 856. The smallest absolute Gasteiger partial charge is 0.321 e. The summed E-state index contributed by atoms with van der Waals surface area (Å²) in [6, 6.07) is 14.7. The van der Waals surface area contributed by atoms with Crippen molar-refractivity contribution in [1.29, 1.82) is 0 Å². The molecule has 0 bridgehead atoms. The fraction of sp³-hybridized carbons (Fsp3) is 0.333. The quantitative estimate of drug-likeness (QED) is 0.429. The molecule has 0 saturated carbocycles. The molecule has 6 heteroatoms. The molecule has 0 aliphatic heterocycles. The van der Waals surface area contributed by atoms with E-state index in [0.717, 1.165) is 11.1 Å². The first-order valence-electron chi connectivity index (χ1n) is 9.83. The van der Waals surface area contributed by atoms with Crippen LogP contribution in [0.4, 0.5) is 0 Å². The van der Waals surface area contributed by atoms with Crippen LogP contribution in [0.15, 0.2) is 54.6 Å². The zero-order valence-electron chi connectivity index (χ0n) is 17.8. The van der Waals surface area contributed by atoms with Gasteiger partial charge in [0.2, 0.25) is 0 Å². The molecule has 6 nitrogen and oxygen atoms in total.